The second kappa shape index (κ2) is 5.25. The highest BCUT2D eigenvalue weighted by Gasteiger charge is 2.11. The van der Waals surface area contributed by atoms with E-state index in [2.05, 4.69) is 0 Å². The fraction of sp³-hybridized carbons (Fsp3) is 0. The fourth-order valence-electron chi connectivity index (χ4n) is 2.00. The van der Waals surface area contributed by atoms with Crippen LogP contribution in [0.3, 0.4) is 0 Å². The number of benzene rings is 3. The third-order valence-corrected chi connectivity index (χ3v) is 4.06. The zero-order chi connectivity index (χ0) is 24.7. The van der Waals surface area contributed by atoms with Gasteiger partial charge in [-0.3, -0.25) is 0 Å². The van der Waals surface area contributed by atoms with Crippen LogP contribution in [0, 0.1) is 0 Å². The number of thiophene rings is 1. The van der Waals surface area contributed by atoms with Gasteiger partial charge in [0.2, 0.25) is 0 Å². The van der Waals surface area contributed by atoms with Crippen molar-refractivity contribution in [2.24, 2.45) is 0 Å². The minimum atomic E-state index is -2.28. The Balaban J connectivity index is 2.23. The number of rotatable bonds is 2. The summed E-state index contributed by atoms with van der Waals surface area (Å²) in [5.74, 6) is 0. The molecule has 0 saturated heterocycles. The van der Waals surface area contributed by atoms with Crippen LogP contribution >= 0.6 is 11.3 Å². The normalized spacial score (nSPS) is 18.2. The molecule has 1 aromatic heterocycles. The van der Waals surface area contributed by atoms with Crippen molar-refractivity contribution in [3.8, 4) is 11.1 Å². The number of hydrogen-bond acceptors (Lipinski definition) is 3. The molecule has 0 radical (unpaired) electrons. The maximum atomic E-state index is 9.45. The van der Waals surface area contributed by atoms with E-state index in [0.717, 1.165) is 11.3 Å². The summed E-state index contributed by atoms with van der Waals surface area (Å²) < 4.78 is 90.5. The quantitative estimate of drug-likeness (QED) is 0.557. The van der Waals surface area contributed by atoms with Gasteiger partial charge in [0.15, 0.2) is 0 Å². The lowest BCUT2D eigenvalue weighted by Gasteiger charge is -2.04. The lowest BCUT2D eigenvalue weighted by molar-refractivity contribution is 0.426. The van der Waals surface area contributed by atoms with E-state index in [-0.39, 0.29) is 31.8 Å². The van der Waals surface area contributed by atoms with Gasteiger partial charge in [0.25, 0.3) is 0 Å². The highest BCUT2D eigenvalue weighted by molar-refractivity contribution is 7.25. The summed E-state index contributed by atoms with van der Waals surface area (Å²) in [5.41, 5.74) is -1.51. The largest absolute Gasteiger partial charge is 0.488 e. The van der Waals surface area contributed by atoms with Crippen LogP contribution in [0.15, 0.2) is 66.5 Å². The molecule has 1 heterocycles. The van der Waals surface area contributed by atoms with Crippen LogP contribution in [-0.2, 0) is 0 Å². The van der Waals surface area contributed by atoms with Gasteiger partial charge in [0.1, 0.15) is 0 Å². The Kier molecular flexibility index (Phi) is 1.47. The molecule has 4 rings (SSSR count). The van der Waals surface area contributed by atoms with Gasteiger partial charge >= 0.3 is 7.12 Å². The maximum Gasteiger partial charge on any atom is 0.488 e. The highest BCUT2D eigenvalue weighted by atomic mass is 32.1. The lowest BCUT2D eigenvalue weighted by atomic mass is 9.80. The predicted molar refractivity (Wildman–Crippen MR) is 94.6 cm³/mol. The van der Waals surface area contributed by atoms with Gasteiger partial charge in [-0.25, -0.2) is 0 Å². The van der Waals surface area contributed by atoms with Crippen LogP contribution in [0.4, 0.5) is 0 Å². The number of hydrogen-bond donors (Lipinski definition) is 2. The Labute approximate surface area is 147 Å². The van der Waals surface area contributed by atoms with Crippen LogP contribution < -0.4 is 5.46 Å². The van der Waals surface area contributed by atoms with Crippen LogP contribution in [0.1, 0.15) is 15.1 Å². The molecule has 3 aromatic carbocycles. The Morgan fingerprint density at radius 3 is 2.23 bits per heavy atom. The maximum absolute atomic E-state index is 9.45. The highest BCUT2D eigenvalue weighted by Crippen LogP contribution is 2.35. The van der Waals surface area contributed by atoms with Crippen molar-refractivity contribution in [1.82, 2.24) is 0 Å². The first-order valence-corrected chi connectivity index (χ1v) is 7.03. The van der Waals surface area contributed by atoms with Crippen molar-refractivity contribution in [3.05, 3.63) is 66.5 Å². The van der Waals surface area contributed by atoms with E-state index in [1.54, 1.807) is 0 Å². The molecule has 2 N–H and O–H groups in total. The second-order valence-electron chi connectivity index (χ2n) is 4.42. The first-order chi connectivity index (χ1) is 15.3. The molecule has 0 fully saturated rings. The van der Waals surface area contributed by atoms with E-state index in [0.29, 0.717) is 0 Å². The molecule has 0 amide bonds. The van der Waals surface area contributed by atoms with Gasteiger partial charge in [-0.05, 0) is 28.7 Å². The standard InChI is InChI=1S/C18H13BO2S/c20-19(21)14-8-5-12(6-9-14)13-7-10-16-15-3-1-2-4-17(15)22-18(16)11-13/h1-11,20-21H/i1D,2D,3D,4D,5D,6D,7D,8D,9D,10D,11D. The first-order valence-electron chi connectivity index (χ1n) is 11.7. The van der Waals surface area contributed by atoms with Crippen molar-refractivity contribution >= 4 is 44.1 Å². The molecule has 2 nitrogen and oxygen atoms in total. The molecule has 0 aliphatic heterocycles. The third kappa shape index (κ3) is 2.22. The third-order valence-electron chi connectivity index (χ3n) is 3.04. The van der Waals surface area contributed by atoms with Gasteiger partial charge in [-0.2, -0.15) is 0 Å². The SMILES string of the molecule is [2H]c1c([2H])c(-c2c([2H])c([2H])c3c(sc4c([2H])c([2H])c([2H])c([2H])c43)c2[2H])c([2H])c([2H])c1B(O)O. The van der Waals surface area contributed by atoms with E-state index in [1.165, 1.54) is 0 Å². The molecule has 0 unspecified atom stereocenters. The minimum Gasteiger partial charge on any atom is -0.423 e. The van der Waals surface area contributed by atoms with Crippen LogP contribution in [-0.4, -0.2) is 17.2 Å². The molecule has 0 aliphatic rings. The molecular weight excluding hydrogens is 291 g/mol. The topological polar surface area (TPSA) is 40.5 Å². The van der Waals surface area contributed by atoms with Crippen molar-refractivity contribution in [1.29, 1.82) is 0 Å². The van der Waals surface area contributed by atoms with Crippen LogP contribution in [0.2, 0.25) is 0 Å². The van der Waals surface area contributed by atoms with Gasteiger partial charge in [-0.15, -0.1) is 11.3 Å². The van der Waals surface area contributed by atoms with Gasteiger partial charge < -0.3 is 10.0 Å². The average Bonchev–Trinajstić information content (AvgIpc) is 3.16. The van der Waals surface area contributed by atoms with Gasteiger partial charge in [-0.1, -0.05) is 54.4 Å². The van der Waals surface area contributed by atoms with E-state index in [9.17, 15) is 10.0 Å². The predicted octanol–water partition coefficient (Wildman–Crippen LogP) is 3.40. The van der Waals surface area contributed by atoms with Crippen molar-refractivity contribution in [2.75, 3.05) is 0 Å². The van der Waals surface area contributed by atoms with E-state index in [4.69, 9.17) is 15.1 Å². The molecule has 0 aliphatic carbocycles. The fourth-order valence-corrected chi connectivity index (χ4v) is 2.97. The van der Waals surface area contributed by atoms with Gasteiger partial charge in [0.05, 0.1) is 15.1 Å². The Hall–Kier alpha value is -2.14. The van der Waals surface area contributed by atoms with Crippen LogP contribution in [0.5, 0.6) is 0 Å². The summed E-state index contributed by atoms with van der Waals surface area (Å²) in [7, 11) is -2.28. The Morgan fingerprint density at radius 2 is 1.45 bits per heavy atom. The number of fused-ring (bicyclic) bond motifs is 3. The van der Waals surface area contributed by atoms with Crippen molar-refractivity contribution in [3.63, 3.8) is 0 Å². The Morgan fingerprint density at radius 1 is 0.773 bits per heavy atom. The molecular formula is C18H13BO2S. The van der Waals surface area contributed by atoms with Crippen LogP contribution in [0.25, 0.3) is 31.3 Å². The lowest BCUT2D eigenvalue weighted by Crippen LogP contribution is -2.29. The first kappa shape index (κ1) is 6.16. The molecule has 106 valence electrons. The zero-order valence-electron chi connectivity index (χ0n) is 21.9. The summed E-state index contributed by atoms with van der Waals surface area (Å²) >= 11 is 0.814. The molecule has 4 heteroatoms. The summed E-state index contributed by atoms with van der Waals surface area (Å²) in [6.45, 7) is 0. The molecule has 22 heavy (non-hydrogen) atoms. The minimum absolute atomic E-state index is 0.00199. The van der Waals surface area contributed by atoms with E-state index < -0.39 is 78.6 Å². The van der Waals surface area contributed by atoms with E-state index >= 15 is 0 Å². The zero-order valence-corrected chi connectivity index (χ0v) is 11.7. The second-order valence-corrected chi connectivity index (χ2v) is 5.44. The molecule has 0 saturated carbocycles. The smallest absolute Gasteiger partial charge is 0.423 e. The van der Waals surface area contributed by atoms with Crippen molar-refractivity contribution in [2.45, 2.75) is 0 Å². The monoisotopic (exact) mass is 315 g/mol. The van der Waals surface area contributed by atoms with Crippen molar-refractivity contribution < 1.29 is 25.1 Å². The van der Waals surface area contributed by atoms with E-state index in [1.807, 2.05) is 0 Å². The molecule has 0 atom stereocenters. The summed E-state index contributed by atoms with van der Waals surface area (Å²) in [6, 6.07) is -6.27. The molecule has 0 spiro atoms. The summed E-state index contributed by atoms with van der Waals surface area (Å²) in [6.07, 6.45) is 0. The van der Waals surface area contributed by atoms with Gasteiger partial charge in [0, 0.05) is 20.2 Å². The summed E-state index contributed by atoms with van der Waals surface area (Å²) in [5, 5.41) is 18.9. The molecule has 0 bridgehead atoms. The molecule has 4 aromatic rings. The average molecular weight is 315 g/mol. The summed E-state index contributed by atoms with van der Waals surface area (Å²) in [4.78, 5) is 0. The Bertz CT molecular complexity index is 1490.